The molecule has 0 aliphatic carbocycles. The fourth-order valence-electron chi connectivity index (χ4n) is 4.10. The molecule has 1 atom stereocenters. The summed E-state index contributed by atoms with van der Waals surface area (Å²) < 4.78 is 13.3. The number of hydrogen-bond acceptors (Lipinski definition) is 3. The van der Waals surface area contributed by atoms with Gasteiger partial charge in [-0.05, 0) is 49.3 Å². The van der Waals surface area contributed by atoms with Gasteiger partial charge in [0.1, 0.15) is 11.9 Å². The molecular weight excluding hydrogens is 351 g/mol. The molecule has 7 heteroatoms. The smallest absolute Gasteiger partial charge is 0.326 e. The van der Waals surface area contributed by atoms with Crippen molar-refractivity contribution in [2.75, 3.05) is 19.6 Å². The monoisotopic (exact) mass is 376 g/mol. The van der Waals surface area contributed by atoms with Crippen LogP contribution in [0.15, 0.2) is 24.3 Å². The minimum absolute atomic E-state index is 0.0295. The van der Waals surface area contributed by atoms with Gasteiger partial charge in [0.15, 0.2) is 0 Å². The molecule has 27 heavy (non-hydrogen) atoms. The van der Waals surface area contributed by atoms with Gasteiger partial charge in [0.05, 0.1) is 6.42 Å². The standard InChI is InChI=1S/C20H25FN2O4/c1-14(19(26)27)23-13-20(6-5-17(23)24)7-9-22(10-8-20)18(25)12-15-3-2-4-16(21)11-15/h2-4,11,14H,5-10,12-13H2,1H3,(H,26,27)/t14-/m1/s1. The van der Waals surface area contributed by atoms with Gasteiger partial charge in [-0.25, -0.2) is 9.18 Å². The van der Waals surface area contributed by atoms with Gasteiger partial charge >= 0.3 is 5.97 Å². The highest BCUT2D eigenvalue weighted by Gasteiger charge is 2.43. The predicted molar refractivity (Wildman–Crippen MR) is 96.4 cm³/mol. The molecule has 2 aliphatic rings. The van der Waals surface area contributed by atoms with E-state index in [4.69, 9.17) is 0 Å². The van der Waals surface area contributed by atoms with E-state index in [0.717, 1.165) is 19.3 Å². The third kappa shape index (κ3) is 4.28. The molecule has 0 saturated carbocycles. The van der Waals surface area contributed by atoms with Crippen LogP contribution in [0.25, 0.3) is 0 Å². The van der Waals surface area contributed by atoms with Crippen molar-refractivity contribution in [3.05, 3.63) is 35.6 Å². The van der Waals surface area contributed by atoms with Crippen LogP contribution in [-0.4, -0.2) is 58.4 Å². The summed E-state index contributed by atoms with van der Waals surface area (Å²) in [5.41, 5.74) is 0.540. The van der Waals surface area contributed by atoms with Crippen molar-refractivity contribution in [1.82, 2.24) is 9.80 Å². The molecule has 1 aromatic carbocycles. The van der Waals surface area contributed by atoms with Crippen molar-refractivity contribution in [3.8, 4) is 0 Å². The summed E-state index contributed by atoms with van der Waals surface area (Å²) in [6.45, 7) is 3.14. The van der Waals surface area contributed by atoms with E-state index < -0.39 is 12.0 Å². The van der Waals surface area contributed by atoms with Crippen LogP contribution in [0, 0.1) is 11.2 Å². The van der Waals surface area contributed by atoms with Gasteiger partial charge in [-0.1, -0.05) is 12.1 Å². The van der Waals surface area contributed by atoms with Crippen molar-refractivity contribution in [3.63, 3.8) is 0 Å². The maximum atomic E-state index is 13.3. The van der Waals surface area contributed by atoms with Crippen molar-refractivity contribution >= 4 is 17.8 Å². The Hall–Kier alpha value is -2.44. The van der Waals surface area contributed by atoms with E-state index in [-0.39, 0.29) is 29.5 Å². The highest BCUT2D eigenvalue weighted by Crippen LogP contribution is 2.40. The lowest BCUT2D eigenvalue weighted by molar-refractivity contribution is -0.155. The number of carboxylic acid groups (broad SMARTS) is 1. The minimum Gasteiger partial charge on any atom is -0.480 e. The Labute approximate surface area is 157 Å². The summed E-state index contributed by atoms with van der Waals surface area (Å²) in [6, 6.07) is 5.24. The third-order valence-corrected chi connectivity index (χ3v) is 5.94. The van der Waals surface area contributed by atoms with Crippen molar-refractivity contribution in [2.45, 2.75) is 45.1 Å². The molecule has 1 spiro atoms. The molecule has 2 heterocycles. The van der Waals surface area contributed by atoms with Crippen molar-refractivity contribution < 1.29 is 23.9 Å². The zero-order valence-corrected chi connectivity index (χ0v) is 15.5. The average molecular weight is 376 g/mol. The Bertz CT molecular complexity index is 743. The van der Waals surface area contributed by atoms with Gasteiger partial charge in [-0.15, -0.1) is 0 Å². The number of halogens is 1. The quantitative estimate of drug-likeness (QED) is 0.873. The molecule has 1 N–H and O–H groups in total. The highest BCUT2D eigenvalue weighted by molar-refractivity contribution is 5.84. The van der Waals surface area contributed by atoms with E-state index in [0.29, 0.717) is 31.6 Å². The zero-order valence-electron chi connectivity index (χ0n) is 15.5. The number of carbonyl (C=O) groups excluding carboxylic acids is 2. The first kappa shape index (κ1) is 19.3. The van der Waals surface area contributed by atoms with Crippen molar-refractivity contribution in [1.29, 1.82) is 0 Å². The Morgan fingerprint density at radius 1 is 1.26 bits per heavy atom. The van der Waals surface area contributed by atoms with Gasteiger partial charge in [0.25, 0.3) is 0 Å². The molecule has 0 unspecified atom stereocenters. The van der Waals surface area contributed by atoms with Crippen molar-refractivity contribution in [2.24, 2.45) is 5.41 Å². The maximum Gasteiger partial charge on any atom is 0.326 e. The number of hydrogen-bond donors (Lipinski definition) is 1. The maximum absolute atomic E-state index is 13.3. The molecule has 0 radical (unpaired) electrons. The SMILES string of the molecule is C[C@H](C(=O)O)N1CC2(CCC1=O)CCN(C(=O)Cc1cccc(F)c1)CC2. The predicted octanol–water partition coefficient (Wildman–Crippen LogP) is 2.07. The second-order valence-corrected chi connectivity index (χ2v) is 7.72. The fourth-order valence-corrected chi connectivity index (χ4v) is 4.10. The zero-order chi connectivity index (χ0) is 19.6. The van der Waals surface area contributed by atoms with E-state index in [1.54, 1.807) is 17.0 Å². The van der Waals surface area contributed by atoms with Gasteiger partial charge < -0.3 is 14.9 Å². The lowest BCUT2D eigenvalue weighted by atomic mass is 9.72. The first-order chi connectivity index (χ1) is 12.8. The highest BCUT2D eigenvalue weighted by atomic mass is 19.1. The molecule has 0 bridgehead atoms. The normalized spacial score (nSPS) is 20.6. The van der Waals surface area contributed by atoms with E-state index in [1.807, 2.05) is 0 Å². The molecule has 146 valence electrons. The number of carboxylic acids is 1. The molecule has 1 aromatic rings. The summed E-state index contributed by atoms with van der Waals surface area (Å²) in [6.07, 6.45) is 2.76. The minimum atomic E-state index is -0.997. The molecule has 2 aliphatic heterocycles. The van der Waals surface area contributed by atoms with Gasteiger partial charge in [0.2, 0.25) is 11.8 Å². The molecule has 0 aromatic heterocycles. The summed E-state index contributed by atoms with van der Waals surface area (Å²) in [5, 5.41) is 9.24. The van der Waals surface area contributed by atoms with E-state index >= 15 is 0 Å². The molecule has 2 fully saturated rings. The second kappa shape index (κ2) is 7.66. The number of carbonyl (C=O) groups is 3. The Balaban J connectivity index is 1.60. The van der Waals surface area contributed by atoms with E-state index in [1.165, 1.54) is 24.0 Å². The van der Waals surface area contributed by atoms with Crippen LogP contribution in [0.5, 0.6) is 0 Å². The summed E-state index contributed by atoms with van der Waals surface area (Å²) in [5.74, 6) is -1.49. The first-order valence-electron chi connectivity index (χ1n) is 9.34. The Morgan fingerprint density at radius 2 is 1.96 bits per heavy atom. The van der Waals surface area contributed by atoms with Crippen LogP contribution in [0.3, 0.4) is 0 Å². The number of rotatable bonds is 4. The summed E-state index contributed by atoms with van der Waals surface area (Å²) >= 11 is 0. The van der Waals surface area contributed by atoms with E-state index in [2.05, 4.69) is 0 Å². The lowest BCUT2D eigenvalue weighted by Crippen LogP contribution is -2.56. The summed E-state index contributed by atoms with van der Waals surface area (Å²) in [4.78, 5) is 39.2. The number of likely N-dealkylation sites (tertiary alicyclic amines) is 2. The molecule has 6 nitrogen and oxygen atoms in total. The molecule has 2 saturated heterocycles. The second-order valence-electron chi connectivity index (χ2n) is 7.72. The summed E-state index contributed by atoms with van der Waals surface area (Å²) in [7, 11) is 0. The molecule has 3 rings (SSSR count). The van der Waals surface area contributed by atoms with Crippen LogP contribution in [0.1, 0.15) is 38.2 Å². The number of piperidine rings is 2. The van der Waals surface area contributed by atoms with Crippen LogP contribution in [0.2, 0.25) is 0 Å². The Kier molecular flexibility index (Phi) is 5.48. The van der Waals surface area contributed by atoms with Crippen LogP contribution >= 0.6 is 0 Å². The van der Waals surface area contributed by atoms with Crippen LogP contribution in [-0.2, 0) is 20.8 Å². The van der Waals surface area contributed by atoms with Crippen LogP contribution < -0.4 is 0 Å². The largest absolute Gasteiger partial charge is 0.480 e. The third-order valence-electron chi connectivity index (χ3n) is 5.94. The van der Waals surface area contributed by atoms with E-state index in [9.17, 15) is 23.9 Å². The van der Waals surface area contributed by atoms with Gasteiger partial charge in [-0.2, -0.15) is 0 Å². The molecule has 2 amide bonds. The Morgan fingerprint density at radius 3 is 2.59 bits per heavy atom. The number of amides is 2. The molecular formula is C20H25FN2O4. The number of aliphatic carboxylic acids is 1. The number of nitrogens with zero attached hydrogens (tertiary/aromatic N) is 2. The number of benzene rings is 1. The van der Waals surface area contributed by atoms with Gasteiger partial charge in [0, 0.05) is 26.1 Å². The fraction of sp³-hybridized carbons (Fsp3) is 0.550. The average Bonchev–Trinajstić information content (AvgIpc) is 2.64. The first-order valence-corrected chi connectivity index (χ1v) is 9.34. The topological polar surface area (TPSA) is 77.9 Å². The lowest BCUT2D eigenvalue weighted by Gasteiger charge is -2.48. The van der Waals surface area contributed by atoms with Gasteiger partial charge in [-0.3, -0.25) is 9.59 Å². The van der Waals surface area contributed by atoms with Crippen LogP contribution in [0.4, 0.5) is 4.39 Å².